The molecule has 1 fully saturated rings. The second kappa shape index (κ2) is 6.96. The second-order valence-corrected chi connectivity index (χ2v) is 6.58. The van der Waals surface area contributed by atoms with Gasteiger partial charge in [0.05, 0.1) is 5.75 Å². The molecule has 0 spiro atoms. The van der Waals surface area contributed by atoms with E-state index in [0.717, 1.165) is 19.3 Å². The fourth-order valence-electron chi connectivity index (χ4n) is 2.16. The van der Waals surface area contributed by atoms with Gasteiger partial charge in [-0.1, -0.05) is 25.7 Å². The highest BCUT2D eigenvalue weighted by Crippen LogP contribution is 2.27. The number of hydrogen-bond acceptors (Lipinski definition) is 3. The van der Waals surface area contributed by atoms with Crippen molar-refractivity contribution in [2.24, 2.45) is 5.92 Å². The average molecular weight is 263 g/mol. The second-order valence-electron chi connectivity index (χ2n) is 4.65. The van der Waals surface area contributed by atoms with Crippen LogP contribution in [-0.2, 0) is 14.8 Å². The minimum Gasteiger partial charge on any atom is -0.481 e. The van der Waals surface area contributed by atoms with Crippen molar-refractivity contribution in [2.45, 2.75) is 44.9 Å². The monoisotopic (exact) mass is 263 g/mol. The number of carbonyl (C=O) groups is 1. The van der Waals surface area contributed by atoms with E-state index in [9.17, 15) is 13.2 Å². The van der Waals surface area contributed by atoms with Crippen molar-refractivity contribution in [3.05, 3.63) is 0 Å². The lowest BCUT2D eigenvalue weighted by atomic mass is 10.1. The summed E-state index contributed by atoms with van der Waals surface area (Å²) in [6, 6.07) is 0. The molecule has 0 bridgehead atoms. The predicted molar refractivity (Wildman–Crippen MR) is 65.2 cm³/mol. The first kappa shape index (κ1) is 14.4. The van der Waals surface area contributed by atoms with Gasteiger partial charge in [-0.05, 0) is 18.8 Å². The zero-order valence-corrected chi connectivity index (χ0v) is 10.8. The fraction of sp³-hybridized carbons (Fsp3) is 0.909. The smallest absolute Gasteiger partial charge is 0.303 e. The molecule has 0 radical (unpaired) electrons. The number of aliphatic carboxylic acids is 1. The first-order chi connectivity index (χ1) is 7.99. The van der Waals surface area contributed by atoms with Gasteiger partial charge in [0.1, 0.15) is 0 Å². The molecule has 6 heteroatoms. The Morgan fingerprint density at radius 2 is 1.94 bits per heavy atom. The van der Waals surface area contributed by atoms with Gasteiger partial charge in [-0.3, -0.25) is 4.79 Å². The van der Waals surface area contributed by atoms with Gasteiger partial charge in [0.2, 0.25) is 10.0 Å². The third kappa shape index (κ3) is 6.63. The molecule has 0 atom stereocenters. The van der Waals surface area contributed by atoms with Crippen LogP contribution in [0.3, 0.4) is 0 Å². The maximum Gasteiger partial charge on any atom is 0.303 e. The molecule has 17 heavy (non-hydrogen) atoms. The van der Waals surface area contributed by atoms with Gasteiger partial charge in [-0.15, -0.1) is 0 Å². The van der Waals surface area contributed by atoms with Crippen LogP contribution in [0.5, 0.6) is 0 Å². The summed E-state index contributed by atoms with van der Waals surface area (Å²) >= 11 is 0. The van der Waals surface area contributed by atoms with E-state index >= 15 is 0 Å². The van der Waals surface area contributed by atoms with E-state index in [2.05, 4.69) is 4.72 Å². The Balaban J connectivity index is 2.14. The average Bonchev–Trinajstić information content (AvgIpc) is 2.74. The van der Waals surface area contributed by atoms with Crippen LogP contribution in [0.25, 0.3) is 0 Å². The molecular formula is C11H21NO4S. The number of rotatable bonds is 8. The maximum absolute atomic E-state index is 11.6. The summed E-state index contributed by atoms with van der Waals surface area (Å²) in [5, 5.41) is 8.41. The van der Waals surface area contributed by atoms with E-state index < -0.39 is 16.0 Å². The Labute approximate surface area is 103 Å². The lowest BCUT2D eigenvalue weighted by Crippen LogP contribution is -2.28. The molecule has 1 aliphatic rings. The van der Waals surface area contributed by atoms with Gasteiger partial charge < -0.3 is 5.11 Å². The Kier molecular flexibility index (Phi) is 5.91. The molecule has 1 rings (SSSR count). The molecule has 5 nitrogen and oxygen atoms in total. The Bertz CT molecular complexity index is 333. The van der Waals surface area contributed by atoms with Crippen LogP contribution in [0.2, 0.25) is 0 Å². The largest absolute Gasteiger partial charge is 0.481 e. The summed E-state index contributed by atoms with van der Waals surface area (Å²) in [7, 11) is -3.21. The summed E-state index contributed by atoms with van der Waals surface area (Å²) in [6.45, 7) is 0.222. The van der Waals surface area contributed by atoms with Gasteiger partial charge in [0, 0.05) is 13.0 Å². The van der Waals surface area contributed by atoms with Gasteiger partial charge in [0.15, 0.2) is 0 Å². The summed E-state index contributed by atoms with van der Waals surface area (Å²) in [6.07, 6.45) is 5.81. The van der Waals surface area contributed by atoms with Gasteiger partial charge in [-0.25, -0.2) is 13.1 Å². The molecule has 0 aromatic carbocycles. The quantitative estimate of drug-likeness (QED) is 0.647. The van der Waals surface area contributed by atoms with Crippen LogP contribution >= 0.6 is 0 Å². The molecular weight excluding hydrogens is 242 g/mol. The predicted octanol–water partition coefficient (Wildman–Crippen LogP) is 1.35. The van der Waals surface area contributed by atoms with Crippen LogP contribution in [0.4, 0.5) is 0 Å². The SMILES string of the molecule is O=C(O)CCCNS(=O)(=O)CCC1CCCC1. The lowest BCUT2D eigenvalue weighted by molar-refractivity contribution is -0.137. The van der Waals surface area contributed by atoms with Crippen molar-refractivity contribution in [1.82, 2.24) is 4.72 Å². The number of carboxylic acid groups (broad SMARTS) is 1. The fourth-order valence-corrected chi connectivity index (χ4v) is 3.40. The zero-order chi connectivity index (χ0) is 12.7. The van der Waals surface area contributed by atoms with E-state index in [4.69, 9.17) is 5.11 Å². The third-order valence-corrected chi connectivity index (χ3v) is 4.58. The minimum absolute atomic E-state index is 0.00510. The molecule has 0 unspecified atom stereocenters. The Morgan fingerprint density at radius 3 is 2.53 bits per heavy atom. The van der Waals surface area contributed by atoms with Gasteiger partial charge >= 0.3 is 5.97 Å². The van der Waals surface area contributed by atoms with Crippen LogP contribution < -0.4 is 4.72 Å². The molecule has 1 aliphatic carbocycles. The van der Waals surface area contributed by atoms with Gasteiger partial charge in [-0.2, -0.15) is 0 Å². The number of nitrogens with one attached hydrogen (secondary N) is 1. The standard InChI is InChI=1S/C11H21NO4S/c13-11(14)6-3-8-12-17(15,16)9-7-10-4-1-2-5-10/h10,12H,1-9H2,(H,13,14). The highest BCUT2D eigenvalue weighted by Gasteiger charge is 2.18. The molecule has 0 saturated heterocycles. The summed E-state index contributed by atoms with van der Waals surface area (Å²) in [4.78, 5) is 10.2. The van der Waals surface area contributed by atoms with Crippen LogP contribution in [0, 0.1) is 5.92 Å². The molecule has 0 aromatic rings. The summed E-state index contributed by atoms with van der Waals surface area (Å²) in [5.41, 5.74) is 0. The highest BCUT2D eigenvalue weighted by atomic mass is 32.2. The van der Waals surface area contributed by atoms with E-state index in [0.29, 0.717) is 12.3 Å². The van der Waals surface area contributed by atoms with Crippen LogP contribution in [-0.4, -0.2) is 31.8 Å². The highest BCUT2D eigenvalue weighted by molar-refractivity contribution is 7.89. The first-order valence-electron chi connectivity index (χ1n) is 6.19. The van der Waals surface area contributed by atoms with Gasteiger partial charge in [0.25, 0.3) is 0 Å². The van der Waals surface area contributed by atoms with E-state index in [1.54, 1.807) is 0 Å². The van der Waals surface area contributed by atoms with Crippen LogP contribution in [0.15, 0.2) is 0 Å². The molecule has 0 aromatic heterocycles. The van der Waals surface area contributed by atoms with Crippen molar-refractivity contribution < 1.29 is 18.3 Å². The van der Waals surface area contributed by atoms with Crippen molar-refractivity contribution in [3.63, 3.8) is 0 Å². The molecule has 0 heterocycles. The summed E-state index contributed by atoms with van der Waals surface area (Å²) < 4.78 is 25.6. The summed E-state index contributed by atoms with van der Waals surface area (Å²) in [5.74, 6) is -0.161. The molecule has 1 saturated carbocycles. The molecule has 100 valence electrons. The number of sulfonamides is 1. The normalized spacial score (nSPS) is 17.4. The molecule has 0 aliphatic heterocycles. The number of hydrogen-bond donors (Lipinski definition) is 2. The van der Waals surface area contributed by atoms with E-state index in [-0.39, 0.29) is 18.7 Å². The maximum atomic E-state index is 11.6. The van der Waals surface area contributed by atoms with Crippen molar-refractivity contribution >= 4 is 16.0 Å². The lowest BCUT2D eigenvalue weighted by Gasteiger charge is -2.09. The Morgan fingerprint density at radius 1 is 1.29 bits per heavy atom. The third-order valence-electron chi connectivity index (χ3n) is 3.16. The van der Waals surface area contributed by atoms with Crippen molar-refractivity contribution in [1.29, 1.82) is 0 Å². The molecule has 0 amide bonds. The topological polar surface area (TPSA) is 83.5 Å². The Hall–Kier alpha value is -0.620. The zero-order valence-electron chi connectivity index (χ0n) is 10.0. The number of carboxylic acids is 1. The van der Waals surface area contributed by atoms with E-state index in [1.165, 1.54) is 12.8 Å². The van der Waals surface area contributed by atoms with Crippen LogP contribution in [0.1, 0.15) is 44.9 Å². The first-order valence-corrected chi connectivity index (χ1v) is 7.84. The molecule has 2 N–H and O–H groups in total. The van der Waals surface area contributed by atoms with Crippen molar-refractivity contribution in [3.8, 4) is 0 Å². The minimum atomic E-state index is -3.21. The van der Waals surface area contributed by atoms with Crippen molar-refractivity contribution in [2.75, 3.05) is 12.3 Å². The van der Waals surface area contributed by atoms with E-state index in [1.807, 2.05) is 0 Å².